The molecule has 0 amide bonds. The summed E-state index contributed by atoms with van der Waals surface area (Å²) in [5, 5.41) is 8.89. The highest BCUT2D eigenvalue weighted by Crippen LogP contribution is 2.30. The molecule has 0 radical (unpaired) electrons. The van der Waals surface area contributed by atoms with Crippen LogP contribution in [0.5, 0.6) is 0 Å². The number of thiophene rings is 2. The molecule has 0 saturated carbocycles. The first-order valence-electron chi connectivity index (χ1n) is 5.46. The third-order valence-corrected chi connectivity index (χ3v) is 4.16. The van der Waals surface area contributed by atoms with Crippen molar-refractivity contribution in [2.75, 3.05) is 20.6 Å². The van der Waals surface area contributed by atoms with E-state index in [9.17, 15) is 0 Å². The topological polar surface area (TPSA) is 3.24 Å². The maximum atomic E-state index is 2.28. The molecular weight excluding hydrogens is 234 g/mol. The van der Waals surface area contributed by atoms with Gasteiger partial charge < -0.3 is 4.90 Å². The van der Waals surface area contributed by atoms with Gasteiger partial charge in [0.1, 0.15) is 0 Å². The zero-order valence-electron chi connectivity index (χ0n) is 9.72. The number of hydrogen-bond acceptors (Lipinski definition) is 3. The van der Waals surface area contributed by atoms with Crippen LogP contribution in [0.25, 0.3) is 0 Å². The van der Waals surface area contributed by atoms with E-state index in [1.165, 1.54) is 17.5 Å². The second-order valence-corrected chi connectivity index (χ2v) is 5.82. The Hall–Kier alpha value is -0.640. The molecule has 16 heavy (non-hydrogen) atoms. The lowest BCUT2D eigenvalue weighted by Gasteiger charge is -2.17. The zero-order valence-corrected chi connectivity index (χ0v) is 11.4. The molecule has 0 unspecified atom stereocenters. The Bertz CT molecular complexity index is 355. The Morgan fingerprint density at radius 2 is 1.62 bits per heavy atom. The molecule has 0 N–H and O–H groups in total. The Labute approximate surface area is 105 Å². The molecule has 0 aliphatic heterocycles. The Kier molecular flexibility index (Phi) is 4.16. The number of nitrogens with zero attached hydrogens (tertiary/aromatic N) is 1. The largest absolute Gasteiger partial charge is 0.309 e. The summed E-state index contributed by atoms with van der Waals surface area (Å²) in [7, 11) is 4.27. The molecule has 0 spiro atoms. The molecule has 2 aromatic rings. The van der Waals surface area contributed by atoms with Crippen molar-refractivity contribution in [1.29, 1.82) is 0 Å². The maximum Gasteiger partial charge on any atom is 0.0118 e. The van der Waals surface area contributed by atoms with E-state index < -0.39 is 0 Å². The monoisotopic (exact) mass is 251 g/mol. The van der Waals surface area contributed by atoms with Crippen LogP contribution >= 0.6 is 22.7 Å². The van der Waals surface area contributed by atoms with Crippen LogP contribution in [0, 0.1) is 0 Å². The van der Waals surface area contributed by atoms with Crippen molar-refractivity contribution in [2.24, 2.45) is 0 Å². The molecule has 0 aliphatic rings. The van der Waals surface area contributed by atoms with Crippen LogP contribution in [0.3, 0.4) is 0 Å². The van der Waals surface area contributed by atoms with Gasteiger partial charge in [0.2, 0.25) is 0 Å². The number of rotatable bonds is 5. The summed E-state index contributed by atoms with van der Waals surface area (Å²) in [5.74, 6) is 0.569. The molecule has 3 heteroatoms. The van der Waals surface area contributed by atoms with Crippen molar-refractivity contribution in [2.45, 2.75) is 12.3 Å². The summed E-state index contributed by atoms with van der Waals surface area (Å²) in [6.07, 6.45) is 1.19. The molecule has 0 fully saturated rings. The van der Waals surface area contributed by atoms with Gasteiger partial charge in [-0.1, -0.05) is 0 Å². The third kappa shape index (κ3) is 2.94. The second-order valence-electron chi connectivity index (χ2n) is 4.26. The van der Waals surface area contributed by atoms with Crippen LogP contribution in [0.15, 0.2) is 33.7 Å². The lowest BCUT2D eigenvalue weighted by atomic mass is 9.92. The van der Waals surface area contributed by atoms with E-state index in [0.29, 0.717) is 5.92 Å². The van der Waals surface area contributed by atoms with E-state index in [4.69, 9.17) is 0 Å². The van der Waals surface area contributed by atoms with Crippen molar-refractivity contribution >= 4 is 22.7 Å². The Morgan fingerprint density at radius 3 is 2.00 bits per heavy atom. The molecule has 0 atom stereocenters. The lowest BCUT2D eigenvalue weighted by molar-refractivity contribution is 0.390. The smallest absolute Gasteiger partial charge is 0.0118 e. The fraction of sp³-hybridized carbons (Fsp3) is 0.385. The summed E-state index contributed by atoms with van der Waals surface area (Å²) in [5.41, 5.74) is 2.93. The van der Waals surface area contributed by atoms with Crippen molar-refractivity contribution in [3.63, 3.8) is 0 Å². The van der Waals surface area contributed by atoms with Crippen LogP contribution in [0.2, 0.25) is 0 Å². The maximum absolute atomic E-state index is 2.28. The molecule has 0 bridgehead atoms. The van der Waals surface area contributed by atoms with E-state index in [1.807, 2.05) is 0 Å². The van der Waals surface area contributed by atoms with Crippen molar-refractivity contribution in [1.82, 2.24) is 4.90 Å². The zero-order chi connectivity index (χ0) is 11.4. The lowest BCUT2D eigenvalue weighted by Crippen LogP contribution is -2.16. The quantitative estimate of drug-likeness (QED) is 0.779. The minimum Gasteiger partial charge on any atom is -0.309 e. The van der Waals surface area contributed by atoms with Gasteiger partial charge in [-0.3, -0.25) is 0 Å². The first-order valence-corrected chi connectivity index (χ1v) is 7.35. The summed E-state index contributed by atoms with van der Waals surface area (Å²) >= 11 is 3.58. The highest BCUT2D eigenvalue weighted by molar-refractivity contribution is 7.08. The average Bonchev–Trinajstić information content (AvgIpc) is 2.88. The molecule has 86 valence electrons. The first-order chi connectivity index (χ1) is 7.77. The van der Waals surface area contributed by atoms with Gasteiger partial charge in [-0.2, -0.15) is 22.7 Å². The molecule has 2 aromatic heterocycles. The van der Waals surface area contributed by atoms with E-state index in [1.54, 1.807) is 22.7 Å². The van der Waals surface area contributed by atoms with Gasteiger partial charge >= 0.3 is 0 Å². The molecule has 2 heterocycles. The fourth-order valence-corrected chi connectivity index (χ4v) is 3.29. The SMILES string of the molecule is CN(C)CCC(c1ccsc1)c1ccsc1. The fourth-order valence-electron chi connectivity index (χ4n) is 1.86. The molecular formula is C13H17NS2. The van der Waals surface area contributed by atoms with Crippen molar-refractivity contribution < 1.29 is 0 Å². The first kappa shape index (κ1) is 11.8. The van der Waals surface area contributed by atoms with E-state index >= 15 is 0 Å². The van der Waals surface area contributed by atoms with Crippen LogP contribution in [0.1, 0.15) is 23.5 Å². The van der Waals surface area contributed by atoms with Crippen LogP contribution in [-0.2, 0) is 0 Å². The van der Waals surface area contributed by atoms with Gasteiger partial charge in [-0.25, -0.2) is 0 Å². The van der Waals surface area contributed by atoms with E-state index in [0.717, 1.165) is 6.54 Å². The summed E-state index contributed by atoms with van der Waals surface area (Å²) in [6.45, 7) is 1.14. The highest BCUT2D eigenvalue weighted by atomic mass is 32.1. The van der Waals surface area contributed by atoms with Crippen molar-refractivity contribution in [3.8, 4) is 0 Å². The predicted octanol–water partition coefficient (Wildman–Crippen LogP) is 3.89. The summed E-state index contributed by atoms with van der Waals surface area (Å²) in [6, 6.07) is 4.51. The molecule has 0 aromatic carbocycles. The van der Waals surface area contributed by atoms with Crippen molar-refractivity contribution in [3.05, 3.63) is 44.8 Å². The van der Waals surface area contributed by atoms with Crippen LogP contribution < -0.4 is 0 Å². The van der Waals surface area contributed by atoms with Gasteiger partial charge in [-0.05, 0) is 71.8 Å². The van der Waals surface area contributed by atoms with E-state index in [2.05, 4.69) is 52.6 Å². The minimum atomic E-state index is 0.569. The van der Waals surface area contributed by atoms with Crippen LogP contribution in [-0.4, -0.2) is 25.5 Å². The van der Waals surface area contributed by atoms with Gasteiger partial charge in [0, 0.05) is 5.92 Å². The molecule has 1 nitrogen and oxygen atoms in total. The van der Waals surface area contributed by atoms with Gasteiger partial charge in [0.15, 0.2) is 0 Å². The summed E-state index contributed by atoms with van der Waals surface area (Å²) in [4.78, 5) is 2.26. The standard InChI is InChI=1S/C13H17NS2/c1-14(2)6-3-13(11-4-7-15-9-11)12-5-8-16-10-12/h4-5,7-10,13H,3,6H2,1-2H3. The van der Waals surface area contributed by atoms with Gasteiger partial charge in [0.25, 0.3) is 0 Å². The third-order valence-electron chi connectivity index (χ3n) is 2.76. The minimum absolute atomic E-state index is 0.569. The summed E-state index contributed by atoms with van der Waals surface area (Å²) < 4.78 is 0. The molecule has 2 rings (SSSR count). The second kappa shape index (κ2) is 5.62. The molecule has 0 saturated heterocycles. The predicted molar refractivity (Wildman–Crippen MR) is 73.7 cm³/mol. The van der Waals surface area contributed by atoms with Crippen LogP contribution in [0.4, 0.5) is 0 Å². The Morgan fingerprint density at radius 1 is 1.06 bits per heavy atom. The molecule has 0 aliphatic carbocycles. The van der Waals surface area contributed by atoms with Gasteiger partial charge in [-0.15, -0.1) is 0 Å². The number of hydrogen-bond donors (Lipinski definition) is 0. The van der Waals surface area contributed by atoms with E-state index in [-0.39, 0.29) is 0 Å². The normalized spacial score (nSPS) is 11.5. The highest BCUT2D eigenvalue weighted by Gasteiger charge is 2.15. The van der Waals surface area contributed by atoms with Gasteiger partial charge in [0.05, 0.1) is 0 Å². The Balaban J connectivity index is 2.14. The average molecular weight is 251 g/mol.